The fraction of sp³-hybridized carbons (Fsp3) is 0.714. The van der Waals surface area contributed by atoms with Crippen molar-refractivity contribution < 1.29 is 4.74 Å². The van der Waals surface area contributed by atoms with E-state index in [0.29, 0.717) is 5.82 Å². The highest BCUT2D eigenvalue weighted by Gasteiger charge is 2.15. The first-order chi connectivity index (χ1) is 9.58. The third-order valence-electron chi connectivity index (χ3n) is 3.68. The van der Waals surface area contributed by atoms with E-state index >= 15 is 0 Å². The Balaban J connectivity index is 1.88. The van der Waals surface area contributed by atoms with Crippen molar-refractivity contribution >= 4 is 0 Å². The molecule has 6 heteroatoms. The Labute approximate surface area is 119 Å². The number of aromatic amines is 1. The summed E-state index contributed by atoms with van der Waals surface area (Å²) in [7, 11) is 0. The van der Waals surface area contributed by atoms with Crippen molar-refractivity contribution in [3.05, 3.63) is 27.4 Å². The van der Waals surface area contributed by atoms with E-state index in [9.17, 15) is 4.79 Å². The van der Waals surface area contributed by atoms with E-state index in [1.165, 1.54) is 0 Å². The largest absolute Gasteiger partial charge is 0.379 e. The second kappa shape index (κ2) is 6.97. The standard InChI is InChI=1S/C14H24N4O2/c1-10(13-11(2)16-12(3)17-14(13)19)15-4-5-18-6-8-20-9-7-18/h10,15H,4-9H2,1-3H3,(H,16,17,19). The lowest BCUT2D eigenvalue weighted by molar-refractivity contribution is 0.0382. The third-order valence-corrected chi connectivity index (χ3v) is 3.68. The molecule has 0 radical (unpaired) electrons. The van der Waals surface area contributed by atoms with Crippen molar-refractivity contribution in [3.8, 4) is 0 Å². The Morgan fingerprint density at radius 2 is 2.10 bits per heavy atom. The van der Waals surface area contributed by atoms with Crippen molar-refractivity contribution in [2.75, 3.05) is 39.4 Å². The highest BCUT2D eigenvalue weighted by molar-refractivity contribution is 5.19. The molecule has 6 nitrogen and oxygen atoms in total. The molecule has 0 aliphatic carbocycles. The topological polar surface area (TPSA) is 70.2 Å². The average molecular weight is 280 g/mol. The minimum absolute atomic E-state index is 0.00731. The lowest BCUT2D eigenvalue weighted by Crippen LogP contribution is -2.41. The van der Waals surface area contributed by atoms with Crippen LogP contribution in [0.25, 0.3) is 0 Å². The summed E-state index contributed by atoms with van der Waals surface area (Å²) in [5.74, 6) is 0.664. The maximum atomic E-state index is 12.0. The number of aryl methyl sites for hydroxylation is 2. The molecule has 1 aliphatic heterocycles. The van der Waals surface area contributed by atoms with Gasteiger partial charge in [0.25, 0.3) is 5.56 Å². The predicted molar refractivity (Wildman–Crippen MR) is 78.0 cm³/mol. The number of rotatable bonds is 5. The molecule has 20 heavy (non-hydrogen) atoms. The Kier molecular flexibility index (Phi) is 5.28. The minimum Gasteiger partial charge on any atom is -0.379 e. The van der Waals surface area contributed by atoms with Crippen LogP contribution in [-0.4, -0.2) is 54.3 Å². The van der Waals surface area contributed by atoms with Crippen LogP contribution in [0, 0.1) is 13.8 Å². The first-order valence-electron chi connectivity index (χ1n) is 7.19. The van der Waals surface area contributed by atoms with Gasteiger partial charge < -0.3 is 15.0 Å². The molecule has 2 N–H and O–H groups in total. The number of hydrogen-bond acceptors (Lipinski definition) is 5. The molecule has 1 atom stereocenters. The van der Waals surface area contributed by atoms with Crippen LogP contribution in [0.3, 0.4) is 0 Å². The van der Waals surface area contributed by atoms with Gasteiger partial charge in [0.15, 0.2) is 0 Å². The van der Waals surface area contributed by atoms with Gasteiger partial charge >= 0.3 is 0 Å². The number of nitrogens with one attached hydrogen (secondary N) is 2. The molecule has 112 valence electrons. The van der Waals surface area contributed by atoms with Gasteiger partial charge in [-0.05, 0) is 20.8 Å². The number of morpholine rings is 1. The van der Waals surface area contributed by atoms with Crippen molar-refractivity contribution in [1.82, 2.24) is 20.2 Å². The second-order valence-electron chi connectivity index (χ2n) is 5.28. The van der Waals surface area contributed by atoms with E-state index in [2.05, 4.69) is 20.2 Å². The zero-order valence-electron chi connectivity index (χ0n) is 12.5. The summed E-state index contributed by atoms with van der Waals surface area (Å²) in [5, 5.41) is 3.40. The summed E-state index contributed by atoms with van der Waals surface area (Å²) >= 11 is 0. The fourth-order valence-corrected chi connectivity index (χ4v) is 2.61. The Bertz CT molecular complexity index is 494. The molecule has 1 unspecified atom stereocenters. The van der Waals surface area contributed by atoms with Crippen LogP contribution in [0.5, 0.6) is 0 Å². The molecule has 1 aromatic rings. The van der Waals surface area contributed by atoms with Crippen molar-refractivity contribution in [1.29, 1.82) is 0 Å². The minimum atomic E-state index is -0.0404. The molecule has 1 fully saturated rings. The SMILES string of the molecule is Cc1nc(C)c(C(C)NCCN2CCOCC2)c(=O)[nH]1. The zero-order valence-corrected chi connectivity index (χ0v) is 12.5. The summed E-state index contributed by atoms with van der Waals surface area (Å²) in [5.41, 5.74) is 1.50. The molecule has 1 aliphatic rings. The van der Waals surface area contributed by atoms with Crippen LogP contribution >= 0.6 is 0 Å². The number of ether oxygens (including phenoxy) is 1. The second-order valence-corrected chi connectivity index (χ2v) is 5.28. The van der Waals surface area contributed by atoms with E-state index in [4.69, 9.17) is 4.74 Å². The van der Waals surface area contributed by atoms with Gasteiger partial charge in [0, 0.05) is 37.9 Å². The van der Waals surface area contributed by atoms with Gasteiger partial charge in [-0.15, -0.1) is 0 Å². The summed E-state index contributed by atoms with van der Waals surface area (Å²) in [4.78, 5) is 21.5. The molecule has 0 bridgehead atoms. The van der Waals surface area contributed by atoms with E-state index in [1.807, 2.05) is 13.8 Å². The van der Waals surface area contributed by atoms with Crippen molar-refractivity contribution in [2.45, 2.75) is 26.8 Å². The average Bonchev–Trinajstić information content (AvgIpc) is 2.38. The number of aromatic nitrogens is 2. The van der Waals surface area contributed by atoms with Crippen molar-refractivity contribution in [2.24, 2.45) is 0 Å². The van der Waals surface area contributed by atoms with Crippen LogP contribution in [0.2, 0.25) is 0 Å². The van der Waals surface area contributed by atoms with E-state index in [0.717, 1.165) is 50.7 Å². The normalized spacial score (nSPS) is 18.1. The van der Waals surface area contributed by atoms with E-state index < -0.39 is 0 Å². The number of nitrogens with zero attached hydrogens (tertiary/aromatic N) is 2. The molecule has 2 heterocycles. The highest BCUT2D eigenvalue weighted by atomic mass is 16.5. The van der Waals surface area contributed by atoms with Crippen LogP contribution in [0.15, 0.2) is 4.79 Å². The summed E-state index contributed by atoms with van der Waals surface area (Å²) < 4.78 is 5.32. The Hall–Kier alpha value is -1.24. The van der Waals surface area contributed by atoms with Gasteiger partial charge in [0.05, 0.1) is 18.8 Å². The molecule has 0 aromatic carbocycles. The van der Waals surface area contributed by atoms with Gasteiger partial charge in [-0.25, -0.2) is 4.98 Å². The first-order valence-corrected chi connectivity index (χ1v) is 7.19. The lowest BCUT2D eigenvalue weighted by Gasteiger charge is -2.27. The van der Waals surface area contributed by atoms with Gasteiger partial charge in [-0.2, -0.15) is 0 Å². The van der Waals surface area contributed by atoms with Gasteiger partial charge in [0.1, 0.15) is 5.82 Å². The zero-order chi connectivity index (χ0) is 14.5. The molecule has 0 amide bonds. The van der Waals surface area contributed by atoms with Gasteiger partial charge in [-0.1, -0.05) is 0 Å². The number of H-pyrrole nitrogens is 1. The van der Waals surface area contributed by atoms with Gasteiger partial charge in [0.2, 0.25) is 0 Å². The number of hydrogen-bond donors (Lipinski definition) is 2. The molecule has 0 saturated carbocycles. The van der Waals surface area contributed by atoms with Crippen LogP contribution < -0.4 is 10.9 Å². The molecular formula is C14H24N4O2. The molecular weight excluding hydrogens is 256 g/mol. The first kappa shape index (κ1) is 15.2. The van der Waals surface area contributed by atoms with Crippen molar-refractivity contribution in [3.63, 3.8) is 0 Å². The molecule has 0 spiro atoms. The molecule has 1 aromatic heterocycles. The smallest absolute Gasteiger partial charge is 0.255 e. The molecule has 1 saturated heterocycles. The maximum Gasteiger partial charge on any atom is 0.255 e. The maximum absolute atomic E-state index is 12.0. The van der Waals surface area contributed by atoms with Crippen LogP contribution in [0.1, 0.15) is 30.0 Å². The van der Waals surface area contributed by atoms with Gasteiger partial charge in [-0.3, -0.25) is 9.69 Å². The fourth-order valence-electron chi connectivity index (χ4n) is 2.61. The third kappa shape index (κ3) is 3.88. The highest BCUT2D eigenvalue weighted by Crippen LogP contribution is 2.10. The Morgan fingerprint density at radius 1 is 1.40 bits per heavy atom. The van der Waals surface area contributed by atoms with Crippen LogP contribution in [-0.2, 0) is 4.74 Å². The Morgan fingerprint density at radius 3 is 2.75 bits per heavy atom. The molecule has 2 rings (SSSR count). The predicted octanol–water partition coefficient (Wildman–Crippen LogP) is 0.370. The monoisotopic (exact) mass is 280 g/mol. The quantitative estimate of drug-likeness (QED) is 0.815. The summed E-state index contributed by atoms with van der Waals surface area (Å²) in [6.07, 6.45) is 0. The summed E-state index contributed by atoms with van der Waals surface area (Å²) in [6.45, 7) is 11.1. The van der Waals surface area contributed by atoms with E-state index in [-0.39, 0.29) is 11.6 Å². The van der Waals surface area contributed by atoms with Crippen LogP contribution in [0.4, 0.5) is 0 Å². The summed E-state index contributed by atoms with van der Waals surface area (Å²) in [6, 6.07) is 0.00731. The van der Waals surface area contributed by atoms with E-state index in [1.54, 1.807) is 6.92 Å². The lowest BCUT2D eigenvalue weighted by atomic mass is 10.1.